The van der Waals surface area contributed by atoms with Crippen LogP contribution in [-0.2, 0) is 72.0 Å². The van der Waals surface area contributed by atoms with E-state index in [9.17, 15) is 73.8 Å². The first-order valence-electron chi connectivity index (χ1n) is 24.9. The molecule has 4 heterocycles. The second-order valence-electron chi connectivity index (χ2n) is 19.9. The number of carbonyl (C=O) groups is 1. The van der Waals surface area contributed by atoms with Crippen molar-refractivity contribution in [3.63, 3.8) is 0 Å². The van der Waals surface area contributed by atoms with E-state index in [-0.39, 0.29) is 40.5 Å². The predicted octanol–water partition coefficient (Wildman–Crippen LogP) is 5.93. The van der Waals surface area contributed by atoms with Gasteiger partial charge in [-0.1, -0.05) is 32.8 Å². The molecule has 3 aliphatic heterocycles. The SMILES string of the molecule is CCN1C(=CC=CC2=[N+](CCCCCC(=O)NCCCCCCOP(=O)(O)OP(=O)(O)OP(=O)(O)OC[C@H]3O[C@@H](n4cc(C)c(=O)[nH]c4=O)C[C@@H]3O)c3ccc(S(=O)(=O)O)cc3C2(C)C)C(C)(C)c2cc(S(=O)(=O)O)ccc21. The number of hydrogen-bond donors (Lipinski definition) is 8. The Morgan fingerprint density at radius 2 is 1.47 bits per heavy atom. The van der Waals surface area contributed by atoms with Gasteiger partial charge in [-0.05, 0) is 95.3 Å². The van der Waals surface area contributed by atoms with Gasteiger partial charge in [0.2, 0.25) is 11.6 Å². The highest BCUT2D eigenvalue weighted by Crippen LogP contribution is 2.68. The van der Waals surface area contributed by atoms with Gasteiger partial charge < -0.3 is 34.7 Å². The summed E-state index contributed by atoms with van der Waals surface area (Å²) in [7, 11) is -25.6. The molecule has 0 saturated carbocycles. The number of aliphatic hydroxyl groups is 1. The van der Waals surface area contributed by atoms with Gasteiger partial charge in [-0.3, -0.25) is 37.3 Å². The van der Waals surface area contributed by atoms with Crippen molar-refractivity contribution in [3.8, 4) is 0 Å². The fourth-order valence-corrected chi connectivity index (χ4v) is 14.1. The third-order valence-corrected chi connectivity index (χ3v) is 19.5. The van der Waals surface area contributed by atoms with E-state index in [1.54, 1.807) is 12.1 Å². The van der Waals surface area contributed by atoms with E-state index in [1.165, 1.54) is 37.4 Å². The van der Waals surface area contributed by atoms with E-state index in [4.69, 9.17) is 9.26 Å². The molecule has 432 valence electrons. The van der Waals surface area contributed by atoms with Crippen LogP contribution in [0, 0.1) is 6.92 Å². The molecule has 6 rings (SSSR count). The Kier molecular flexibility index (Phi) is 20.0. The number of aromatic nitrogens is 2. The Morgan fingerprint density at radius 1 is 0.859 bits per heavy atom. The van der Waals surface area contributed by atoms with Gasteiger partial charge in [0.1, 0.15) is 18.9 Å². The molecule has 6 atom stereocenters. The highest BCUT2D eigenvalue weighted by Gasteiger charge is 2.47. The zero-order chi connectivity index (χ0) is 57.8. The van der Waals surface area contributed by atoms with Crippen LogP contribution in [0.5, 0.6) is 0 Å². The highest BCUT2D eigenvalue weighted by atomic mass is 32.2. The molecule has 2 aromatic carbocycles. The molecule has 3 unspecified atom stereocenters. The van der Waals surface area contributed by atoms with E-state index in [0.717, 1.165) is 32.9 Å². The van der Waals surface area contributed by atoms with Gasteiger partial charge in [0.05, 0.1) is 34.5 Å². The monoisotopic (exact) mass is 1190 g/mol. The Morgan fingerprint density at radius 3 is 2.13 bits per heavy atom. The minimum atomic E-state index is -5.78. The number of aryl methyl sites for hydroxylation is 1. The summed E-state index contributed by atoms with van der Waals surface area (Å²) in [6, 6.07) is 9.03. The van der Waals surface area contributed by atoms with Gasteiger partial charge in [0.25, 0.3) is 25.8 Å². The molecule has 0 aliphatic carbocycles. The molecule has 78 heavy (non-hydrogen) atoms. The Balaban J connectivity index is 0.918. The number of nitrogens with zero attached hydrogens (tertiary/aromatic N) is 3. The molecule has 3 aromatic rings. The summed E-state index contributed by atoms with van der Waals surface area (Å²) in [6.07, 6.45) is 6.81. The number of unbranched alkanes of at least 4 members (excludes halogenated alkanes) is 5. The zero-order valence-electron chi connectivity index (χ0n) is 43.7. The van der Waals surface area contributed by atoms with Crippen molar-refractivity contribution in [2.24, 2.45) is 0 Å². The number of likely N-dealkylation sites (N-methyl/N-ethyl adjacent to an activating group) is 1. The normalized spacial score (nSPS) is 21.9. The largest absolute Gasteiger partial charge is 0.490 e. The fraction of sp³-hybridized carbons (Fsp3) is 0.532. The van der Waals surface area contributed by atoms with Crippen LogP contribution < -0.4 is 21.5 Å². The Labute approximate surface area is 451 Å². The smallest absolute Gasteiger partial charge is 0.390 e. The maximum atomic E-state index is 12.7. The number of anilines is 1. The number of phosphoric ester groups is 2. The summed E-state index contributed by atoms with van der Waals surface area (Å²) in [5.74, 6) is -0.167. The van der Waals surface area contributed by atoms with Crippen molar-refractivity contribution in [1.82, 2.24) is 14.9 Å². The lowest BCUT2D eigenvalue weighted by Gasteiger charge is -2.25. The van der Waals surface area contributed by atoms with Crippen molar-refractivity contribution in [1.29, 1.82) is 0 Å². The lowest BCUT2D eigenvalue weighted by molar-refractivity contribution is -0.438. The van der Waals surface area contributed by atoms with Crippen LogP contribution >= 0.6 is 23.5 Å². The van der Waals surface area contributed by atoms with Crippen LogP contribution in [0.25, 0.3) is 0 Å². The number of fused-ring (bicyclic) bond motifs is 2. The van der Waals surface area contributed by atoms with Crippen molar-refractivity contribution in [2.45, 2.75) is 138 Å². The first kappa shape index (κ1) is 62.9. The molecule has 26 nitrogen and oxygen atoms in total. The predicted molar refractivity (Wildman–Crippen MR) is 283 cm³/mol. The van der Waals surface area contributed by atoms with Gasteiger partial charge in [-0.15, -0.1) is 0 Å². The number of carbonyl (C=O) groups excluding carboxylic acids is 1. The second kappa shape index (κ2) is 24.8. The van der Waals surface area contributed by atoms with Crippen LogP contribution in [0.4, 0.5) is 11.4 Å². The summed E-state index contributed by atoms with van der Waals surface area (Å²) in [6.45, 7) is 11.3. The van der Waals surface area contributed by atoms with Crippen molar-refractivity contribution < 1.29 is 91.2 Å². The fourth-order valence-electron chi connectivity index (χ4n) is 9.58. The van der Waals surface area contributed by atoms with E-state index in [1.807, 2.05) is 52.8 Å². The quantitative estimate of drug-likeness (QED) is 0.0190. The number of benzene rings is 2. The van der Waals surface area contributed by atoms with Gasteiger partial charge in [-0.2, -0.15) is 30.0 Å². The van der Waals surface area contributed by atoms with E-state index in [0.29, 0.717) is 63.7 Å². The second-order valence-corrected chi connectivity index (χ2v) is 27.4. The number of rotatable bonds is 27. The summed E-state index contributed by atoms with van der Waals surface area (Å²) in [5, 5.41) is 13.2. The molecule has 1 saturated heterocycles. The summed E-state index contributed by atoms with van der Waals surface area (Å²) in [4.78, 5) is 70.2. The van der Waals surface area contributed by atoms with Gasteiger partial charge >= 0.3 is 29.2 Å². The molecule has 8 N–H and O–H groups in total. The topological polar surface area (TPSA) is 377 Å². The number of aliphatic hydroxyl groups excluding tert-OH is 1. The minimum Gasteiger partial charge on any atom is -0.390 e. The molecular formula is C47H67N5O21P3S2+. The number of hydrogen-bond acceptors (Lipinski definition) is 17. The van der Waals surface area contributed by atoms with Crippen LogP contribution in [0.2, 0.25) is 0 Å². The van der Waals surface area contributed by atoms with Gasteiger partial charge in [0.15, 0.2) is 5.71 Å². The first-order chi connectivity index (χ1) is 36.2. The Bertz CT molecular complexity index is 3360. The number of phosphoric acid groups is 3. The minimum absolute atomic E-state index is 0.160. The lowest BCUT2D eigenvalue weighted by Crippen LogP contribution is -2.33. The van der Waals surface area contributed by atoms with Crippen LogP contribution in [0.1, 0.15) is 115 Å². The number of aromatic amines is 1. The average molecular weight is 1200 g/mol. The molecule has 0 bridgehead atoms. The standard InChI is InChI=1S/C47H66N5O21P3S2/c1-7-50-36-21-19-32(77(63,64)65)26-34(36)46(3,4)40(50)16-15-17-41-47(5,6)35-27-33(78(66,67)68)20-22-37(35)51(41)24-13-10-11-18-42(54)48-23-12-8-9-14-25-69-74(57,58)72-76(61,62)73-75(59,60)70-30-39-38(53)28-43(71-39)52-29-31(2)44(55)49-45(52)56/h15-17,19-22,26-27,29,38-39,43,53H,7-14,18,23-25,28,30H2,1-6H3,(H6-,48,49,54,55,56,57,58,59,60,61,62,63,64,65,66,67,68)/p+1/t38-,39+,43+/m0/s1. The van der Waals surface area contributed by atoms with E-state index in [2.05, 4.69) is 32.9 Å². The number of nitrogens with one attached hydrogen (secondary N) is 2. The third-order valence-electron chi connectivity index (χ3n) is 13.6. The molecule has 1 amide bonds. The van der Waals surface area contributed by atoms with Crippen LogP contribution in [0.3, 0.4) is 0 Å². The molecule has 3 aliphatic rings. The van der Waals surface area contributed by atoms with Crippen LogP contribution in [0.15, 0.2) is 85.9 Å². The molecular weight excluding hydrogens is 1130 g/mol. The average Bonchev–Trinajstić information content (AvgIpc) is 3.89. The van der Waals surface area contributed by atoms with E-state index < -0.39 is 97.4 Å². The molecule has 1 fully saturated rings. The van der Waals surface area contributed by atoms with Crippen molar-refractivity contribution in [2.75, 3.05) is 37.7 Å². The first-order valence-corrected chi connectivity index (χ1v) is 32.2. The van der Waals surface area contributed by atoms with Crippen LogP contribution in [-0.4, -0.2) is 117 Å². The summed E-state index contributed by atoms with van der Waals surface area (Å²) < 4.78 is 131. The lowest BCUT2D eigenvalue weighted by atomic mass is 9.81. The molecule has 31 heteroatoms. The summed E-state index contributed by atoms with van der Waals surface area (Å²) in [5.41, 5.74) is 2.08. The molecule has 0 radical (unpaired) electrons. The zero-order valence-corrected chi connectivity index (χ0v) is 48.0. The number of amides is 1. The maximum Gasteiger partial charge on any atom is 0.490 e. The molecule has 0 spiro atoms. The van der Waals surface area contributed by atoms with Crippen molar-refractivity contribution in [3.05, 3.63) is 104 Å². The number of allylic oxidation sites excluding steroid dienone is 4. The molecule has 1 aromatic heterocycles. The third kappa shape index (κ3) is 15.6. The number of H-pyrrole nitrogens is 1. The maximum absolute atomic E-state index is 12.7. The van der Waals surface area contributed by atoms with Gasteiger partial charge in [0, 0.05) is 78.6 Å². The van der Waals surface area contributed by atoms with Crippen molar-refractivity contribution >= 4 is 66.7 Å². The van der Waals surface area contributed by atoms with E-state index >= 15 is 0 Å². The summed E-state index contributed by atoms with van der Waals surface area (Å²) >= 11 is 0. The highest BCUT2D eigenvalue weighted by molar-refractivity contribution is 7.86. The Hall–Kier alpha value is -4.31. The van der Waals surface area contributed by atoms with Gasteiger partial charge in [-0.25, -0.2) is 18.5 Å². The number of ether oxygens (including phenoxy) is 1.